The predicted octanol–water partition coefficient (Wildman–Crippen LogP) is 2.11. The second-order valence-corrected chi connectivity index (χ2v) is 9.17. The number of hydrogen-bond donors (Lipinski definition) is 4. The fourth-order valence-electron chi connectivity index (χ4n) is 2.97. The molecule has 1 fully saturated rings. The quantitative estimate of drug-likeness (QED) is 0.187. The zero-order valence-corrected chi connectivity index (χ0v) is 19.3. The van der Waals surface area contributed by atoms with Gasteiger partial charge in [0.2, 0.25) is 0 Å². The van der Waals surface area contributed by atoms with E-state index in [4.69, 9.17) is 22.2 Å². The molecule has 0 bridgehead atoms. The van der Waals surface area contributed by atoms with E-state index >= 15 is 0 Å². The molecule has 2 heterocycles. The summed E-state index contributed by atoms with van der Waals surface area (Å²) >= 11 is 9.92. The maximum atomic E-state index is 13.8. The Bertz CT molecular complexity index is 1010. The molecule has 0 spiro atoms. The van der Waals surface area contributed by atoms with Gasteiger partial charge >= 0.3 is 0 Å². The Kier molecular flexibility index (Phi) is 8.55. The maximum absolute atomic E-state index is 13.8. The van der Waals surface area contributed by atoms with Crippen LogP contribution in [0.25, 0.3) is 0 Å². The fraction of sp³-hybridized carbons (Fsp3) is 0.316. The van der Waals surface area contributed by atoms with E-state index in [1.165, 1.54) is 0 Å². The monoisotopic (exact) mass is 550 g/mol. The van der Waals surface area contributed by atoms with Gasteiger partial charge in [-0.3, -0.25) is 9.98 Å². The number of nitrogens with two attached hydrogens (primary N) is 1. The van der Waals surface area contributed by atoms with Crippen molar-refractivity contribution in [3.05, 3.63) is 57.3 Å². The average molecular weight is 552 g/mol. The Morgan fingerprint density at radius 3 is 2.53 bits per heavy atom. The van der Waals surface area contributed by atoms with Crippen LogP contribution in [0.1, 0.15) is 5.56 Å². The van der Waals surface area contributed by atoms with E-state index in [1.54, 1.807) is 18.5 Å². The summed E-state index contributed by atoms with van der Waals surface area (Å²) in [6.07, 6.45) is 0.493. The van der Waals surface area contributed by atoms with E-state index in [1.807, 2.05) is 0 Å². The van der Waals surface area contributed by atoms with Crippen LogP contribution in [-0.4, -0.2) is 68.6 Å². The molecule has 0 aliphatic carbocycles. The number of benzene rings is 1. The zero-order chi connectivity index (χ0) is 23.4. The molecule has 5 atom stereocenters. The molecule has 0 amide bonds. The molecule has 2 aromatic rings. The zero-order valence-electron chi connectivity index (χ0n) is 16.1. The van der Waals surface area contributed by atoms with Gasteiger partial charge in [-0.2, -0.15) is 5.10 Å². The Labute approximate surface area is 199 Å². The molecule has 1 aromatic heterocycles. The fourth-order valence-corrected chi connectivity index (χ4v) is 4.68. The first kappa shape index (κ1) is 25.0. The smallest absolute Gasteiger partial charge is 0.145 e. The molecule has 13 heteroatoms. The van der Waals surface area contributed by atoms with E-state index in [9.17, 15) is 24.1 Å². The highest BCUT2D eigenvalue weighted by molar-refractivity contribution is 9.10. The van der Waals surface area contributed by atoms with Gasteiger partial charge < -0.3 is 25.9 Å². The molecule has 172 valence electrons. The summed E-state index contributed by atoms with van der Waals surface area (Å²) in [5.74, 6) is 3.31. The van der Waals surface area contributed by atoms with Gasteiger partial charge in [0.1, 0.15) is 52.2 Å². The first-order valence-electron chi connectivity index (χ1n) is 9.10. The Balaban J connectivity index is 1.85. The molecular formula is C19H18BrClF2N4O4S. The van der Waals surface area contributed by atoms with Crippen molar-refractivity contribution in [3.8, 4) is 0 Å². The molecule has 1 aliphatic heterocycles. The lowest BCUT2D eigenvalue weighted by Crippen LogP contribution is -2.56. The third-order valence-electron chi connectivity index (χ3n) is 4.57. The van der Waals surface area contributed by atoms with Crippen molar-refractivity contribution in [1.29, 1.82) is 0 Å². The highest BCUT2D eigenvalue weighted by Crippen LogP contribution is 2.35. The first-order valence-corrected chi connectivity index (χ1v) is 11.2. The van der Waals surface area contributed by atoms with Crippen molar-refractivity contribution in [2.45, 2.75) is 34.7 Å². The molecule has 3 unspecified atom stereocenters. The molecule has 5 N–H and O–H groups in total. The molecular weight excluding hydrogens is 534 g/mol. The number of hydrogen-bond acceptors (Lipinski definition) is 9. The van der Waals surface area contributed by atoms with Crippen molar-refractivity contribution in [3.63, 3.8) is 0 Å². The van der Waals surface area contributed by atoms with E-state index in [0.717, 1.165) is 30.1 Å². The van der Waals surface area contributed by atoms with Crippen molar-refractivity contribution in [2.75, 3.05) is 6.61 Å². The molecule has 0 radical (unpaired) electrons. The van der Waals surface area contributed by atoms with Crippen molar-refractivity contribution < 1.29 is 28.8 Å². The minimum atomic E-state index is -1.37. The number of aromatic nitrogens is 1. The SMILES string of the molecule is NN=C(C=NC1C(O)[C@@H](Sc2cncc(Br)c2)OC(CO)[C@@H]1O)c1cc(F)c(Cl)c(F)c1. The first-order chi connectivity index (χ1) is 15.2. The third kappa shape index (κ3) is 5.63. The van der Waals surface area contributed by atoms with E-state index < -0.39 is 53.1 Å². The van der Waals surface area contributed by atoms with Gasteiger partial charge in [-0.15, -0.1) is 0 Å². The highest BCUT2D eigenvalue weighted by Gasteiger charge is 2.44. The van der Waals surface area contributed by atoms with Crippen molar-refractivity contribution in [1.82, 2.24) is 4.98 Å². The van der Waals surface area contributed by atoms with Crippen LogP contribution in [0.15, 0.2) is 50.1 Å². The van der Waals surface area contributed by atoms with E-state index in [0.29, 0.717) is 9.37 Å². The van der Waals surface area contributed by atoms with Crippen molar-refractivity contribution in [2.24, 2.45) is 15.9 Å². The summed E-state index contributed by atoms with van der Waals surface area (Å²) in [5.41, 5.74) is -1.07. The number of hydrazone groups is 1. The molecule has 8 nitrogen and oxygen atoms in total. The number of halogens is 4. The molecule has 1 aromatic carbocycles. The number of aliphatic imine (C=N–C) groups is 1. The summed E-state index contributed by atoms with van der Waals surface area (Å²) < 4.78 is 33.9. The van der Waals surface area contributed by atoms with Crippen molar-refractivity contribution >= 4 is 51.2 Å². The molecule has 1 aliphatic rings. The normalized spacial score (nSPS) is 26.6. The maximum Gasteiger partial charge on any atom is 0.145 e. The van der Waals surface area contributed by atoms with Gasteiger partial charge in [0.25, 0.3) is 0 Å². The van der Waals surface area contributed by atoms with Crippen LogP contribution in [0.5, 0.6) is 0 Å². The lowest BCUT2D eigenvalue weighted by atomic mass is 9.98. The van der Waals surface area contributed by atoms with Gasteiger partial charge in [0.05, 0.1) is 6.61 Å². The number of rotatable bonds is 6. The minimum absolute atomic E-state index is 0.0449. The molecule has 3 rings (SSSR count). The molecule has 1 saturated heterocycles. The standard InChI is InChI=1S/C19H18BrClF2N4O4S/c20-9-3-10(5-25-4-9)32-19-18(30)16(17(29)14(7-28)31-19)26-6-13(27-24)8-1-11(22)15(21)12(23)2-8/h1-6,14,16-19,28-30H,7,24H2/t14?,16?,17-,18?,19+/m0/s1. The summed E-state index contributed by atoms with van der Waals surface area (Å²) in [6.45, 7) is -0.529. The summed E-state index contributed by atoms with van der Waals surface area (Å²) in [7, 11) is 0. The second-order valence-electron chi connectivity index (χ2n) is 6.70. The van der Waals surface area contributed by atoms with E-state index in [2.05, 4.69) is 31.0 Å². The third-order valence-corrected chi connectivity index (χ3v) is 6.48. The Morgan fingerprint density at radius 2 is 1.94 bits per heavy atom. The summed E-state index contributed by atoms with van der Waals surface area (Å²) in [6, 6.07) is 2.45. The number of aliphatic hydroxyl groups is 3. The van der Waals surface area contributed by atoms with E-state index in [-0.39, 0.29) is 11.3 Å². The highest BCUT2D eigenvalue weighted by atomic mass is 79.9. The lowest BCUT2D eigenvalue weighted by Gasteiger charge is -2.40. The molecule has 32 heavy (non-hydrogen) atoms. The Hall–Kier alpha value is -1.67. The number of thioether (sulfide) groups is 1. The second kappa shape index (κ2) is 11.0. The van der Waals surface area contributed by atoms with Crippen LogP contribution in [0.3, 0.4) is 0 Å². The van der Waals surface area contributed by atoms with Crippen LogP contribution < -0.4 is 5.84 Å². The van der Waals surface area contributed by atoms with Crippen LogP contribution in [0.2, 0.25) is 5.02 Å². The largest absolute Gasteiger partial charge is 0.394 e. The van der Waals surface area contributed by atoms with Gasteiger partial charge in [0.15, 0.2) is 0 Å². The number of aliphatic hydroxyl groups excluding tert-OH is 3. The number of nitrogens with zero attached hydrogens (tertiary/aromatic N) is 3. The van der Waals surface area contributed by atoms with Crippen LogP contribution in [0, 0.1) is 11.6 Å². The Morgan fingerprint density at radius 1 is 1.25 bits per heavy atom. The van der Waals surface area contributed by atoms with Crippen LogP contribution >= 0.6 is 39.3 Å². The number of pyridine rings is 1. The number of ether oxygens (including phenoxy) is 1. The van der Waals surface area contributed by atoms with Gasteiger partial charge in [0, 0.05) is 33.5 Å². The van der Waals surface area contributed by atoms with Crippen LogP contribution in [0.4, 0.5) is 8.78 Å². The average Bonchev–Trinajstić information content (AvgIpc) is 2.76. The van der Waals surface area contributed by atoms with Gasteiger partial charge in [-0.05, 0) is 34.1 Å². The van der Waals surface area contributed by atoms with Crippen LogP contribution in [-0.2, 0) is 4.74 Å². The lowest BCUT2D eigenvalue weighted by molar-refractivity contribution is -0.159. The summed E-state index contributed by atoms with van der Waals surface area (Å²) in [4.78, 5) is 8.84. The molecule has 0 saturated carbocycles. The topological polar surface area (TPSA) is 134 Å². The van der Waals surface area contributed by atoms with Gasteiger partial charge in [-0.1, -0.05) is 23.4 Å². The minimum Gasteiger partial charge on any atom is -0.394 e. The predicted molar refractivity (Wildman–Crippen MR) is 120 cm³/mol. The van der Waals surface area contributed by atoms with Gasteiger partial charge in [-0.25, -0.2) is 8.78 Å². The summed E-state index contributed by atoms with van der Waals surface area (Å²) in [5, 5.41) is 33.7.